The maximum absolute atomic E-state index is 12.3. The number of hydrogen-bond acceptors (Lipinski definition) is 3. The van der Waals surface area contributed by atoms with Crippen LogP contribution in [0.15, 0.2) is 46.9 Å². The van der Waals surface area contributed by atoms with Gasteiger partial charge in [0.25, 0.3) is 5.91 Å². The van der Waals surface area contributed by atoms with Gasteiger partial charge in [0.1, 0.15) is 6.04 Å². The van der Waals surface area contributed by atoms with E-state index in [1.165, 1.54) is 12.1 Å². The number of halogens is 3. The number of benzene rings is 2. The summed E-state index contributed by atoms with van der Waals surface area (Å²) in [6.45, 7) is -0.0617. The van der Waals surface area contributed by atoms with Crippen molar-refractivity contribution in [2.45, 2.75) is 12.6 Å². The lowest BCUT2D eigenvalue weighted by Crippen LogP contribution is -2.50. The molecule has 28 heavy (non-hydrogen) atoms. The number of carboxylic acid groups (broad SMARTS) is 1. The summed E-state index contributed by atoms with van der Waals surface area (Å²) in [4.78, 5) is 35.6. The van der Waals surface area contributed by atoms with Gasteiger partial charge in [-0.3, -0.25) is 4.79 Å². The summed E-state index contributed by atoms with van der Waals surface area (Å²) < 4.78 is 0.916. The van der Waals surface area contributed by atoms with Gasteiger partial charge < -0.3 is 21.1 Å². The molecule has 2 aromatic carbocycles. The van der Waals surface area contributed by atoms with Crippen LogP contribution in [0.3, 0.4) is 0 Å². The smallest absolute Gasteiger partial charge is 0.328 e. The Hall–Kier alpha value is -2.29. The van der Waals surface area contributed by atoms with Crippen molar-refractivity contribution in [1.82, 2.24) is 16.0 Å². The van der Waals surface area contributed by atoms with Crippen molar-refractivity contribution in [3.63, 3.8) is 0 Å². The van der Waals surface area contributed by atoms with Crippen molar-refractivity contribution in [1.29, 1.82) is 0 Å². The van der Waals surface area contributed by atoms with Gasteiger partial charge in [-0.05, 0) is 29.8 Å². The van der Waals surface area contributed by atoms with E-state index in [2.05, 4.69) is 31.9 Å². The summed E-state index contributed by atoms with van der Waals surface area (Å²) in [5.41, 5.74) is 0.839. The lowest BCUT2D eigenvalue weighted by Gasteiger charge is -2.16. The first-order valence-electron chi connectivity index (χ1n) is 8.01. The number of aliphatic carboxylic acids is 1. The molecule has 1 atom stereocenters. The molecule has 0 unspecified atom stereocenters. The average molecular weight is 489 g/mol. The molecule has 0 saturated heterocycles. The molecule has 10 heteroatoms. The molecule has 2 aromatic rings. The van der Waals surface area contributed by atoms with E-state index in [0.717, 1.165) is 10.0 Å². The van der Waals surface area contributed by atoms with Gasteiger partial charge in [-0.2, -0.15) is 0 Å². The maximum atomic E-state index is 12.3. The first-order valence-corrected chi connectivity index (χ1v) is 9.56. The van der Waals surface area contributed by atoms with Gasteiger partial charge in [-0.25, -0.2) is 9.59 Å². The number of nitrogens with one attached hydrogen (secondary N) is 3. The lowest BCUT2D eigenvalue weighted by atomic mass is 10.2. The summed E-state index contributed by atoms with van der Waals surface area (Å²) in [5.74, 6) is -2.06. The molecule has 0 bridgehead atoms. The summed E-state index contributed by atoms with van der Waals surface area (Å²) >= 11 is 15.2. The number of hydrogen-bond donors (Lipinski definition) is 4. The molecule has 0 spiro atoms. The Balaban J connectivity index is 1.90. The fraction of sp³-hybridized carbons (Fsp3) is 0.167. The molecule has 0 aliphatic rings. The van der Waals surface area contributed by atoms with Crippen molar-refractivity contribution < 1.29 is 19.5 Å². The highest BCUT2D eigenvalue weighted by molar-refractivity contribution is 9.10. The molecule has 0 radical (unpaired) electrons. The SMILES string of the molecule is O=C(NCc1ccc(Br)cc1)NC[C@H](NC(=O)c1c(Cl)cccc1Cl)C(=O)O. The van der Waals surface area contributed by atoms with Crippen LogP contribution in [0.2, 0.25) is 10.0 Å². The van der Waals surface area contributed by atoms with E-state index in [1.54, 1.807) is 6.07 Å². The fourth-order valence-corrected chi connectivity index (χ4v) is 3.02. The maximum Gasteiger partial charge on any atom is 0.328 e. The van der Waals surface area contributed by atoms with E-state index in [0.29, 0.717) is 0 Å². The molecule has 148 valence electrons. The Morgan fingerprint density at radius 3 is 2.18 bits per heavy atom. The van der Waals surface area contributed by atoms with Crippen LogP contribution < -0.4 is 16.0 Å². The van der Waals surface area contributed by atoms with Crippen LogP contribution in [-0.4, -0.2) is 35.6 Å². The Kier molecular flexibility index (Phi) is 8.10. The zero-order valence-electron chi connectivity index (χ0n) is 14.3. The molecule has 0 aliphatic carbocycles. The normalized spacial score (nSPS) is 11.4. The minimum absolute atomic E-state index is 0.0308. The molecule has 0 saturated carbocycles. The number of carbonyl (C=O) groups is 3. The second-order valence-corrected chi connectivity index (χ2v) is 7.38. The van der Waals surface area contributed by atoms with Crippen LogP contribution in [0.25, 0.3) is 0 Å². The Morgan fingerprint density at radius 1 is 1.00 bits per heavy atom. The Labute approximate surface area is 179 Å². The van der Waals surface area contributed by atoms with Gasteiger partial charge in [0.2, 0.25) is 0 Å². The minimum atomic E-state index is -1.36. The average Bonchev–Trinajstić information content (AvgIpc) is 2.64. The van der Waals surface area contributed by atoms with Crippen LogP contribution in [-0.2, 0) is 11.3 Å². The van der Waals surface area contributed by atoms with Gasteiger partial charge >= 0.3 is 12.0 Å². The zero-order chi connectivity index (χ0) is 20.7. The van der Waals surface area contributed by atoms with Crippen molar-refractivity contribution in [2.75, 3.05) is 6.54 Å². The topological polar surface area (TPSA) is 108 Å². The molecule has 7 nitrogen and oxygen atoms in total. The van der Waals surface area contributed by atoms with Crippen molar-refractivity contribution in [3.8, 4) is 0 Å². The zero-order valence-corrected chi connectivity index (χ0v) is 17.4. The first kappa shape index (κ1) is 22.0. The summed E-state index contributed by atoms with van der Waals surface area (Å²) in [6.07, 6.45) is 0. The summed E-state index contributed by atoms with van der Waals surface area (Å²) in [7, 11) is 0. The number of carboxylic acids is 1. The second kappa shape index (κ2) is 10.3. The number of rotatable bonds is 7. The van der Waals surface area contributed by atoms with Crippen molar-refractivity contribution >= 4 is 57.0 Å². The summed E-state index contributed by atoms with van der Waals surface area (Å²) in [6, 6.07) is 9.90. The van der Waals surface area contributed by atoms with E-state index in [9.17, 15) is 19.5 Å². The molecular formula is C18H16BrCl2N3O4. The van der Waals surface area contributed by atoms with Crippen LogP contribution in [0.5, 0.6) is 0 Å². The highest BCUT2D eigenvalue weighted by Crippen LogP contribution is 2.24. The molecule has 0 aliphatic heterocycles. The lowest BCUT2D eigenvalue weighted by molar-refractivity contribution is -0.139. The molecule has 0 aromatic heterocycles. The second-order valence-electron chi connectivity index (χ2n) is 5.65. The van der Waals surface area contributed by atoms with E-state index >= 15 is 0 Å². The number of carbonyl (C=O) groups excluding carboxylic acids is 2. The quantitative estimate of drug-likeness (QED) is 0.478. The molecule has 4 N–H and O–H groups in total. The predicted octanol–water partition coefficient (Wildman–Crippen LogP) is 3.44. The minimum Gasteiger partial charge on any atom is -0.480 e. The molecule has 0 heterocycles. The molecule has 0 fully saturated rings. The molecular weight excluding hydrogens is 473 g/mol. The third kappa shape index (κ3) is 6.40. The van der Waals surface area contributed by atoms with Gasteiger partial charge in [-0.1, -0.05) is 57.3 Å². The highest BCUT2D eigenvalue weighted by atomic mass is 79.9. The third-order valence-electron chi connectivity index (χ3n) is 3.63. The van der Waals surface area contributed by atoms with Gasteiger partial charge in [-0.15, -0.1) is 0 Å². The molecule has 2 rings (SSSR count). The van der Waals surface area contributed by atoms with Crippen LogP contribution >= 0.6 is 39.1 Å². The number of urea groups is 1. The first-order chi connectivity index (χ1) is 13.3. The monoisotopic (exact) mass is 487 g/mol. The Bertz CT molecular complexity index is 857. The van der Waals surface area contributed by atoms with E-state index < -0.39 is 23.9 Å². The van der Waals surface area contributed by atoms with Crippen LogP contribution in [0, 0.1) is 0 Å². The number of amides is 3. The third-order valence-corrected chi connectivity index (χ3v) is 4.78. The van der Waals surface area contributed by atoms with Gasteiger partial charge in [0.05, 0.1) is 22.2 Å². The van der Waals surface area contributed by atoms with Crippen molar-refractivity contribution in [2.24, 2.45) is 0 Å². The molecule has 3 amide bonds. The largest absolute Gasteiger partial charge is 0.480 e. The van der Waals surface area contributed by atoms with E-state index in [4.69, 9.17) is 23.2 Å². The standard InChI is InChI=1S/C18H16BrCl2N3O4/c19-11-6-4-10(5-7-11)8-22-18(28)23-9-14(17(26)27)24-16(25)15-12(20)2-1-3-13(15)21/h1-7,14H,8-9H2,(H,24,25)(H,26,27)(H2,22,23,28)/t14-/m0/s1. The Morgan fingerprint density at radius 2 is 1.61 bits per heavy atom. The van der Waals surface area contributed by atoms with E-state index in [1.807, 2.05) is 24.3 Å². The van der Waals surface area contributed by atoms with E-state index in [-0.39, 0.29) is 28.7 Å². The van der Waals surface area contributed by atoms with Gasteiger partial charge in [0.15, 0.2) is 0 Å². The van der Waals surface area contributed by atoms with Gasteiger partial charge in [0, 0.05) is 11.0 Å². The van der Waals surface area contributed by atoms with Crippen molar-refractivity contribution in [3.05, 3.63) is 68.1 Å². The summed E-state index contributed by atoms with van der Waals surface area (Å²) in [5, 5.41) is 16.8. The highest BCUT2D eigenvalue weighted by Gasteiger charge is 2.23. The van der Waals surface area contributed by atoms with Crippen LogP contribution in [0.4, 0.5) is 4.79 Å². The fourth-order valence-electron chi connectivity index (χ4n) is 2.19. The van der Waals surface area contributed by atoms with Crippen LogP contribution in [0.1, 0.15) is 15.9 Å². The predicted molar refractivity (Wildman–Crippen MR) is 110 cm³/mol.